The van der Waals surface area contributed by atoms with Crippen LogP contribution in [0.4, 0.5) is 0 Å². The number of benzene rings is 5. The number of ether oxygens (including phenoxy) is 2. The highest BCUT2D eigenvalue weighted by Crippen LogP contribution is 2.39. The Morgan fingerprint density at radius 1 is 0.688 bits per heavy atom. The molecule has 0 saturated carbocycles. The Balaban J connectivity index is 1.11. The molecule has 0 aliphatic carbocycles. The molecule has 7 nitrogen and oxygen atoms in total. The second-order valence-corrected chi connectivity index (χ2v) is 12.6. The lowest BCUT2D eigenvalue weighted by molar-refractivity contribution is -0.252. The van der Waals surface area contributed by atoms with Crippen molar-refractivity contribution in [2.45, 2.75) is 44.6 Å². The van der Waals surface area contributed by atoms with Gasteiger partial charge in [-0.05, 0) is 64.7 Å². The van der Waals surface area contributed by atoms with Crippen LogP contribution in [0, 0.1) is 0 Å². The normalized spacial score (nSPS) is 19.1. The number of carbonyl (C=O) groups excluding carboxylic acids is 2. The average Bonchev–Trinajstić information content (AvgIpc) is 3.36. The van der Waals surface area contributed by atoms with Crippen LogP contribution in [-0.2, 0) is 29.2 Å². The average molecular weight is 639 g/mol. The van der Waals surface area contributed by atoms with Crippen LogP contribution in [0.5, 0.6) is 0 Å². The quantitative estimate of drug-likeness (QED) is 0.162. The largest absolute Gasteiger partial charge is 0.392 e. The molecule has 3 unspecified atom stereocenters. The topological polar surface area (TPSA) is 79.3 Å². The second-order valence-electron chi connectivity index (χ2n) is 12.6. The maximum atomic E-state index is 13.0. The Kier molecular flexibility index (Phi) is 9.27. The van der Waals surface area contributed by atoms with E-state index in [1.165, 1.54) is 10.5 Å². The second kappa shape index (κ2) is 14.1. The fraction of sp³-hybridized carbons (Fsp3) is 0.220. The van der Waals surface area contributed by atoms with Crippen LogP contribution < -0.4 is 0 Å². The molecule has 0 radical (unpaired) electrons. The van der Waals surface area contributed by atoms with Gasteiger partial charge in [0.15, 0.2) is 6.29 Å². The first-order valence-electron chi connectivity index (χ1n) is 16.3. The van der Waals surface area contributed by atoms with E-state index >= 15 is 0 Å². The zero-order chi connectivity index (χ0) is 33.0. The highest BCUT2D eigenvalue weighted by atomic mass is 16.7. The molecule has 242 valence electrons. The number of nitrogens with zero attached hydrogens (tertiary/aromatic N) is 2. The van der Waals surface area contributed by atoms with Gasteiger partial charge in [-0.25, -0.2) is 0 Å². The summed E-state index contributed by atoms with van der Waals surface area (Å²) in [6, 6.07) is 41.4. The first-order valence-corrected chi connectivity index (χ1v) is 16.3. The van der Waals surface area contributed by atoms with Crippen molar-refractivity contribution in [3.8, 4) is 11.1 Å². The molecule has 0 bridgehead atoms. The van der Waals surface area contributed by atoms with Crippen LogP contribution in [-0.4, -0.2) is 46.4 Å². The summed E-state index contributed by atoms with van der Waals surface area (Å²) in [5.41, 5.74) is 7.78. The highest BCUT2D eigenvalue weighted by molar-refractivity contribution is 6.21. The summed E-state index contributed by atoms with van der Waals surface area (Å²) in [4.78, 5) is 29.6. The van der Waals surface area contributed by atoms with Gasteiger partial charge in [-0.3, -0.25) is 19.4 Å². The third-order valence-corrected chi connectivity index (χ3v) is 9.06. The Hall–Kier alpha value is -4.92. The molecule has 0 aromatic heterocycles. The van der Waals surface area contributed by atoms with Gasteiger partial charge in [0.25, 0.3) is 11.8 Å². The zero-order valence-corrected chi connectivity index (χ0v) is 26.9. The van der Waals surface area contributed by atoms with E-state index in [9.17, 15) is 14.7 Å². The molecule has 3 atom stereocenters. The fourth-order valence-electron chi connectivity index (χ4n) is 6.62. The molecule has 7 rings (SSSR count). The maximum absolute atomic E-state index is 13.0. The number of carbonyl (C=O) groups is 2. The summed E-state index contributed by atoms with van der Waals surface area (Å²) < 4.78 is 13.3. The van der Waals surface area contributed by atoms with Gasteiger partial charge < -0.3 is 14.6 Å². The lowest BCUT2D eigenvalue weighted by Gasteiger charge is -2.38. The van der Waals surface area contributed by atoms with Gasteiger partial charge >= 0.3 is 0 Å². The van der Waals surface area contributed by atoms with Crippen LogP contribution in [0.1, 0.15) is 67.3 Å². The van der Waals surface area contributed by atoms with Crippen LogP contribution in [0.25, 0.3) is 11.1 Å². The lowest BCUT2D eigenvalue weighted by Crippen LogP contribution is -2.37. The summed E-state index contributed by atoms with van der Waals surface area (Å²) in [5, 5.41) is 9.57. The molecule has 7 heteroatoms. The van der Waals surface area contributed by atoms with E-state index in [-0.39, 0.29) is 37.2 Å². The molecule has 48 heavy (non-hydrogen) atoms. The minimum atomic E-state index is -0.585. The van der Waals surface area contributed by atoms with Gasteiger partial charge in [-0.2, -0.15) is 0 Å². The molecule has 1 saturated heterocycles. The van der Waals surface area contributed by atoms with Crippen LogP contribution in [0.2, 0.25) is 0 Å². The van der Waals surface area contributed by atoms with Crippen molar-refractivity contribution in [2.24, 2.45) is 0 Å². The SMILES string of the molecule is CN(Cc1ccccc1)CC1CC(c2ccc(CO)cc2)OC(c2cccc(-c3cccc(CN4C(=O)c5ccccc5C4=O)c3)c2)O1. The van der Waals surface area contributed by atoms with E-state index in [0.717, 1.165) is 46.5 Å². The molecule has 1 fully saturated rings. The van der Waals surface area contributed by atoms with Crippen molar-refractivity contribution in [3.63, 3.8) is 0 Å². The number of aliphatic hydroxyl groups excluding tert-OH is 1. The molecule has 0 spiro atoms. The van der Waals surface area contributed by atoms with Gasteiger partial charge in [0, 0.05) is 25.1 Å². The van der Waals surface area contributed by atoms with Gasteiger partial charge in [0.05, 0.1) is 36.5 Å². The first-order chi connectivity index (χ1) is 23.4. The van der Waals surface area contributed by atoms with E-state index in [1.54, 1.807) is 24.3 Å². The van der Waals surface area contributed by atoms with Crippen LogP contribution in [0.3, 0.4) is 0 Å². The molecule has 2 aliphatic rings. The maximum Gasteiger partial charge on any atom is 0.261 e. The number of amides is 2. The monoisotopic (exact) mass is 638 g/mol. The Bertz CT molecular complexity index is 1870. The summed E-state index contributed by atoms with van der Waals surface area (Å²) in [7, 11) is 2.11. The fourth-order valence-corrected chi connectivity index (χ4v) is 6.62. The highest BCUT2D eigenvalue weighted by Gasteiger charge is 2.35. The van der Waals surface area contributed by atoms with E-state index in [0.29, 0.717) is 17.5 Å². The summed E-state index contributed by atoms with van der Waals surface area (Å²) in [6.45, 7) is 1.74. The molecule has 1 N–H and O–H groups in total. The standard InChI is InChI=1S/C41H38N2O5/c1-42(24-28-9-3-2-4-10-28)26-35-23-38(31-19-17-29(27-44)18-20-31)48-41(47-35)34-14-8-13-33(22-34)32-12-7-11-30(21-32)25-43-39(45)36-15-5-6-16-37(36)40(43)46/h2-22,35,38,41,44H,23-27H2,1H3. The third-order valence-electron chi connectivity index (χ3n) is 9.06. The Morgan fingerprint density at radius 2 is 1.33 bits per heavy atom. The number of fused-ring (bicyclic) bond motifs is 1. The minimum Gasteiger partial charge on any atom is -0.392 e. The van der Waals surface area contributed by atoms with Crippen molar-refractivity contribution in [3.05, 3.63) is 166 Å². The molecular formula is C41H38N2O5. The Morgan fingerprint density at radius 3 is 2.04 bits per heavy atom. The predicted molar refractivity (Wildman–Crippen MR) is 184 cm³/mol. The van der Waals surface area contributed by atoms with Gasteiger partial charge in [0.1, 0.15) is 0 Å². The Labute approximate surface area is 281 Å². The predicted octanol–water partition coefficient (Wildman–Crippen LogP) is 7.32. The van der Waals surface area contributed by atoms with Gasteiger partial charge in [-0.15, -0.1) is 0 Å². The first kappa shape index (κ1) is 31.7. The van der Waals surface area contributed by atoms with Gasteiger partial charge in [-0.1, -0.05) is 103 Å². The molecule has 2 aliphatic heterocycles. The number of rotatable bonds is 10. The van der Waals surface area contributed by atoms with Crippen molar-refractivity contribution in [2.75, 3.05) is 13.6 Å². The molecular weight excluding hydrogens is 600 g/mol. The molecule has 2 heterocycles. The van der Waals surface area contributed by atoms with Crippen LogP contribution in [0.15, 0.2) is 127 Å². The summed E-state index contributed by atoms with van der Waals surface area (Å²) in [5.74, 6) is -0.529. The molecule has 5 aromatic rings. The van der Waals surface area contributed by atoms with Crippen molar-refractivity contribution >= 4 is 11.8 Å². The van der Waals surface area contributed by atoms with E-state index in [4.69, 9.17) is 9.47 Å². The lowest BCUT2D eigenvalue weighted by atomic mass is 9.98. The van der Waals surface area contributed by atoms with Gasteiger partial charge in [0.2, 0.25) is 0 Å². The van der Waals surface area contributed by atoms with E-state index < -0.39 is 6.29 Å². The smallest absolute Gasteiger partial charge is 0.261 e. The number of aliphatic hydroxyl groups is 1. The summed E-state index contributed by atoms with van der Waals surface area (Å²) in [6.07, 6.45) is -0.143. The van der Waals surface area contributed by atoms with Crippen molar-refractivity contribution in [1.82, 2.24) is 9.80 Å². The number of imide groups is 1. The zero-order valence-electron chi connectivity index (χ0n) is 26.9. The van der Waals surface area contributed by atoms with Crippen molar-refractivity contribution < 1.29 is 24.2 Å². The number of hydrogen-bond donors (Lipinski definition) is 1. The minimum absolute atomic E-state index is 0.00324. The van der Waals surface area contributed by atoms with E-state index in [1.807, 2.05) is 72.8 Å². The van der Waals surface area contributed by atoms with Crippen molar-refractivity contribution in [1.29, 1.82) is 0 Å². The van der Waals surface area contributed by atoms with Crippen LogP contribution >= 0.6 is 0 Å². The summed E-state index contributed by atoms with van der Waals surface area (Å²) >= 11 is 0. The van der Waals surface area contributed by atoms with E-state index in [2.05, 4.69) is 42.3 Å². The number of likely N-dealkylation sites (N-methyl/N-ethyl adjacent to an activating group) is 1. The number of hydrogen-bond acceptors (Lipinski definition) is 6. The molecule has 2 amide bonds. The third kappa shape index (κ3) is 6.86. The molecule has 5 aromatic carbocycles.